The van der Waals surface area contributed by atoms with Gasteiger partial charge in [0.25, 0.3) is 5.91 Å². The highest BCUT2D eigenvalue weighted by Gasteiger charge is 2.18. The number of hydrogen-bond donors (Lipinski definition) is 1. The van der Waals surface area contributed by atoms with Crippen molar-refractivity contribution < 1.29 is 4.79 Å². The van der Waals surface area contributed by atoms with E-state index in [2.05, 4.69) is 31.6 Å². The van der Waals surface area contributed by atoms with E-state index in [4.69, 9.17) is 0 Å². The van der Waals surface area contributed by atoms with Crippen molar-refractivity contribution >= 4 is 38.3 Å². The average molecular weight is 365 g/mol. The Morgan fingerprint density at radius 3 is 2.62 bits per heavy atom. The van der Waals surface area contributed by atoms with Crippen molar-refractivity contribution in [3.63, 3.8) is 0 Å². The average Bonchev–Trinajstić information content (AvgIpc) is 2.97. The lowest BCUT2D eigenvalue weighted by Gasteiger charge is -2.19. The fourth-order valence-corrected chi connectivity index (χ4v) is 3.75. The molecule has 110 valence electrons. The van der Waals surface area contributed by atoms with E-state index in [1.807, 2.05) is 12.1 Å². The van der Waals surface area contributed by atoms with Gasteiger partial charge in [0.05, 0.1) is 5.69 Å². The quantitative estimate of drug-likeness (QED) is 0.812. The van der Waals surface area contributed by atoms with Crippen LogP contribution in [0, 0.1) is 0 Å². The minimum absolute atomic E-state index is 0.105. The molecule has 2 aromatic rings. The van der Waals surface area contributed by atoms with Gasteiger partial charge in [-0.2, -0.15) is 0 Å². The fraction of sp³-hybridized carbons (Fsp3) is 0.375. The Morgan fingerprint density at radius 1 is 1.19 bits per heavy atom. The Morgan fingerprint density at radius 2 is 1.90 bits per heavy atom. The zero-order chi connectivity index (χ0) is 14.7. The number of nitrogens with zero attached hydrogens (tertiary/aromatic N) is 1. The molecular weight excluding hydrogens is 348 g/mol. The number of amides is 1. The molecule has 0 aliphatic heterocycles. The molecule has 5 heteroatoms. The van der Waals surface area contributed by atoms with E-state index in [1.54, 1.807) is 12.1 Å². The summed E-state index contributed by atoms with van der Waals surface area (Å²) in [6.45, 7) is 0. The largest absolute Gasteiger partial charge is 0.298 e. The summed E-state index contributed by atoms with van der Waals surface area (Å²) in [4.78, 5) is 16.7. The molecule has 1 fully saturated rings. The van der Waals surface area contributed by atoms with Gasteiger partial charge in [-0.3, -0.25) is 10.1 Å². The zero-order valence-electron chi connectivity index (χ0n) is 11.6. The molecule has 0 atom stereocenters. The van der Waals surface area contributed by atoms with E-state index in [-0.39, 0.29) is 5.91 Å². The van der Waals surface area contributed by atoms with Gasteiger partial charge in [0.2, 0.25) is 0 Å². The van der Waals surface area contributed by atoms with Crippen molar-refractivity contribution in [2.75, 3.05) is 5.32 Å². The molecule has 3 rings (SSSR count). The predicted octanol–water partition coefficient (Wildman–Crippen LogP) is 5.21. The maximum absolute atomic E-state index is 12.2. The SMILES string of the molecule is O=C(Nc1nc(C2CCCCC2)cs1)c1ccc(Br)cc1. The molecule has 0 radical (unpaired) electrons. The molecule has 0 spiro atoms. The second kappa shape index (κ2) is 6.71. The maximum Gasteiger partial charge on any atom is 0.257 e. The second-order valence-electron chi connectivity index (χ2n) is 5.37. The summed E-state index contributed by atoms with van der Waals surface area (Å²) in [5.74, 6) is 0.473. The van der Waals surface area contributed by atoms with E-state index in [9.17, 15) is 4.79 Å². The van der Waals surface area contributed by atoms with Gasteiger partial charge >= 0.3 is 0 Å². The molecule has 1 aliphatic rings. The Hall–Kier alpha value is -1.20. The first-order chi connectivity index (χ1) is 10.2. The van der Waals surface area contributed by atoms with Crippen LogP contribution < -0.4 is 5.32 Å². The lowest BCUT2D eigenvalue weighted by atomic mass is 9.87. The number of aromatic nitrogens is 1. The van der Waals surface area contributed by atoms with Gasteiger partial charge in [-0.1, -0.05) is 35.2 Å². The smallest absolute Gasteiger partial charge is 0.257 e. The first-order valence-electron chi connectivity index (χ1n) is 7.25. The van der Waals surface area contributed by atoms with Gasteiger partial charge in [0.1, 0.15) is 0 Å². The Kier molecular flexibility index (Phi) is 4.70. The zero-order valence-corrected chi connectivity index (χ0v) is 14.0. The van der Waals surface area contributed by atoms with Crippen molar-refractivity contribution in [1.82, 2.24) is 4.98 Å². The molecular formula is C16H17BrN2OS. The fourth-order valence-electron chi connectivity index (χ4n) is 2.70. The third-order valence-corrected chi connectivity index (χ3v) is 5.18. The maximum atomic E-state index is 12.2. The molecule has 21 heavy (non-hydrogen) atoms. The topological polar surface area (TPSA) is 42.0 Å². The van der Waals surface area contributed by atoms with Gasteiger partial charge in [0, 0.05) is 21.3 Å². The van der Waals surface area contributed by atoms with Gasteiger partial charge in [-0.25, -0.2) is 4.98 Å². The van der Waals surface area contributed by atoms with Crippen molar-refractivity contribution in [3.05, 3.63) is 45.4 Å². The number of thiazole rings is 1. The summed E-state index contributed by atoms with van der Waals surface area (Å²) in [5.41, 5.74) is 1.79. The van der Waals surface area contributed by atoms with Crippen LogP contribution in [0.5, 0.6) is 0 Å². The first kappa shape index (κ1) is 14.7. The standard InChI is InChI=1S/C16H17BrN2OS/c17-13-8-6-12(7-9-13)15(20)19-16-18-14(10-21-16)11-4-2-1-3-5-11/h6-11H,1-5H2,(H,18,19,20). The highest BCUT2D eigenvalue weighted by molar-refractivity contribution is 9.10. The van der Waals surface area contributed by atoms with Crippen LogP contribution in [0.15, 0.2) is 34.1 Å². The molecule has 0 bridgehead atoms. The summed E-state index contributed by atoms with van der Waals surface area (Å²) < 4.78 is 0.966. The molecule has 0 unspecified atom stereocenters. The molecule has 1 saturated carbocycles. The van der Waals surface area contributed by atoms with Crippen molar-refractivity contribution in [3.8, 4) is 0 Å². The Bertz CT molecular complexity index is 617. The van der Waals surface area contributed by atoms with Crippen molar-refractivity contribution in [2.24, 2.45) is 0 Å². The summed E-state index contributed by atoms with van der Waals surface area (Å²) in [7, 11) is 0. The third kappa shape index (κ3) is 3.71. The number of rotatable bonds is 3. The molecule has 1 aliphatic carbocycles. The van der Waals surface area contributed by atoms with Crippen LogP contribution in [0.3, 0.4) is 0 Å². The molecule has 1 amide bonds. The monoisotopic (exact) mass is 364 g/mol. The van der Waals surface area contributed by atoms with Crippen LogP contribution in [0.25, 0.3) is 0 Å². The normalized spacial score (nSPS) is 15.9. The number of halogens is 1. The molecule has 1 heterocycles. The lowest BCUT2D eigenvalue weighted by Crippen LogP contribution is -2.12. The van der Waals surface area contributed by atoms with E-state index in [0.717, 1.165) is 10.2 Å². The number of carbonyl (C=O) groups is 1. The van der Waals surface area contributed by atoms with E-state index >= 15 is 0 Å². The minimum Gasteiger partial charge on any atom is -0.298 e. The first-order valence-corrected chi connectivity index (χ1v) is 8.92. The number of anilines is 1. The highest BCUT2D eigenvalue weighted by atomic mass is 79.9. The summed E-state index contributed by atoms with van der Waals surface area (Å²) >= 11 is 4.88. The number of carbonyl (C=O) groups excluding carboxylic acids is 1. The lowest BCUT2D eigenvalue weighted by molar-refractivity contribution is 0.102. The summed E-state index contributed by atoms with van der Waals surface area (Å²) in [6.07, 6.45) is 6.38. The van der Waals surface area contributed by atoms with Gasteiger partial charge in [-0.15, -0.1) is 11.3 Å². The van der Waals surface area contributed by atoms with Crippen molar-refractivity contribution in [1.29, 1.82) is 0 Å². The number of benzene rings is 1. The third-order valence-electron chi connectivity index (χ3n) is 3.87. The predicted molar refractivity (Wildman–Crippen MR) is 90.0 cm³/mol. The highest BCUT2D eigenvalue weighted by Crippen LogP contribution is 2.34. The number of nitrogens with one attached hydrogen (secondary N) is 1. The Balaban J connectivity index is 1.66. The van der Waals surface area contributed by atoms with E-state index < -0.39 is 0 Å². The summed E-state index contributed by atoms with van der Waals surface area (Å²) in [6, 6.07) is 7.33. The van der Waals surface area contributed by atoms with Crippen LogP contribution in [0.1, 0.15) is 54.1 Å². The van der Waals surface area contributed by atoms with E-state index in [0.29, 0.717) is 16.6 Å². The van der Waals surface area contributed by atoms with Crippen LogP contribution in [-0.2, 0) is 0 Å². The molecule has 1 aromatic heterocycles. The molecule has 1 aromatic carbocycles. The van der Waals surface area contributed by atoms with Crippen LogP contribution in [0.2, 0.25) is 0 Å². The molecule has 3 nitrogen and oxygen atoms in total. The van der Waals surface area contributed by atoms with Crippen molar-refractivity contribution in [2.45, 2.75) is 38.0 Å². The van der Waals surface area contributed by atoms with Gasteiger partial charge in [-0.05, 0) is 37.1 Å². The van der Waals surface area contributed by atoms with Crippen LogP contribution in [-0.4, -0.2) is 10.9 Å². The van der Waals surface area contributed by atoms with Gasteiger partial charge in [0.15, 0.2) is 5.13 Å². The van der Waals surface area contributed by atoms with E-state index in [1.165, 1.54) is 43.4 Å². The molecule has 1 N–H and O–H groups in total. The second-order valence-corrected chi connectivity index (χ2v) is 7.15. The Labute approximate surface area is 136 Å². The molecule has 0 saturated heterocycles. The minimum atomic E-state index is -0.105. The summed E-state index contributed by atoms with van der Waals surface area (Å²) in [5, 5.41) is 5.68. The number of hydrogen-bond acceptors (Lipinski definition) is 3. The van der Waals surface area contributed by atoms with Crippen LogP contribution >= 0.6 is 27.3 Å². The van der Waals surface area contributed by atoms with Crippen LogP contribution in [0.4, 0.5) is 5.13 Å². The van der Waals surface area contributed by atoms with Gasteiger partial charge < -0.3 is 0 Å².